The van der Waals surface area contributed by atoms with Crippen molar-refractivity contribution in [1.29, 1.82) is 0 Å². The minimum Gasteiger partial charge on any atom is -0.406 e. The molecule has 0 amide bonds. The lowest BCUT2D eigenvalue weighted by Gasteiger charge is -2.24. The topological polar surface area (TPSA) is 107 Å². The van der Waals surface area contributed by atoms with Gasteiger partial charge < -0.3 is 25.2 Å². The molecule has 0 radical (unpaired) electrons. The van der Waals surface area contributed by atoms with Gasteiger partial charge in [0, 0.05) is 6.42 Å². The molecule has 0 aromatic rings. The van der Waals surface area contributed by atoms with Crippen molar-refractivity contribution in [1.82, 2.24) is 0 Å². The fourth-order valence-corrected chi connectivity index (χ4v) is 2.69. The molecular formula is C19H38O6. The van der Waals surface area contributed by atoms with Gasteiger partial charge in [0.2, 0.25) is 0 Å². The zero-order valence-corrected chi connectivity index (χ0v) is 15.8. The molecule has 0 saturated heterocycles. The van der Waals surface area contributed by atoms with E-state index in [1.165, 1.54) is 57.8 Å². The van der Waals surface area contributed by atoms with Crippen LogP contribution >= 0.6 is 0 Å². The molecule has 0 aromatic heterocycles. The van der Waals surface area contributed by atoms with Crippen LogP contribution in [0.2, 0.25) is 0 Å². The maximum absolute atomic E-state index is 11.4. The highest BCUT2D eigenvalue weighted by molar-refractivity contribution is 5.69. The monoisotopic (exact) mass is 362 g/mol. The van der Waals surface area contributed by atoms with Crippen molar-refractivity contribution < 1.29 is 30.0 Å². The van der Waals surface area contributed by atoms with Gasteiger partial charge in [-0.1, -0.05) is 84.0 Å². The van der Waals surface area contributed by atoms with Crippen LogP contribution in [0, 0.1) is 0 Å². The molecule has 0 aliphatic rings. The first kappa shape index (κ1) is 24.3. The molecule has 0 heterocycles. The van der Waals surface area contributed by atoms with E-state index in [1.807, 2.05) is 0 Å². The van der Waals surface area contributed by atoms with E-state index >= 15 is 0 Å². The Morgan fingerprint density at radius 3 is 1.64 bits per heavy atom. The summed E-state index contributed by atoms with van der Waals surface area (Å²) in [5.74, 6) is -3.82. The maximum atomic E-state index is 11.4. The summed E-state index contributed by atoms with van der Waals surface area (Å²) in [7, 11) is 0. The van der Waals surface area contributed by atoms with E-state index in [-0.39, 0.29) is 6.42 Å². The van der Waals surface area contributed by atoms with Crippen LogP contribution in [0.3, 0.4) is 0 Å². The summed E-state index contributed by atoms with van der Waals surface area (Å²) in [5.41, 5.74) is 0. The van der Waals surface area contributed by atoms with E-state index in [9.17, 15) is 15.0 Å². The zero-order valence-electron chi connectivity index (χ0n) is 15.8. The van der Waals surface area contributed by atoms with Crippen LogP contribution in [0.5, 0.6) is 0 Å². The second-order valence-corrected chi connectivity index (χ2v) is 6.82. The Morgan fingerprint density at radius 2 is 1.24 bits per heavy atom. The zero-order chi connectivity index (χ0) is 19.0. The van der Waals surface area contributed by atoms with Gasteiger partial charge >= 0.3 is 11.9 Å². The van der Waals surface area contributed by atoms with Crippen molar-refractivity contribution in [3.63, 3.8) is 0 Å². The third-order valence-corrected chi connectivity index (χ3v) is 4.36. The lowest BCUT2D eigenvalue weighted by Crippen LogP contribution is -2.48. The molecule has 0 aliphatic carbocycles. The number of hydrogen-bond acceptors (Lipinski definition) is 6. The number of ether oxygens (including phenoxy) is 1. The second kappa shape index (κ2) is 15.6. The first-order valence-corrected chi connectivity index (χ1v) is 9.89. The SMILES string of the molecule is CCCCCCCCCCCCCCCC(=O)OC(O)(O)C(O)CO. The molecule has 150 valence electrons. The van der Waals surface area contributed by atoms with Crippen molar-refractivity contribution in [3.05, 3.63) is 0 Å². The van der Waals surface area contributed by atoms with Gasteiger partial charge in [0.15, 0.2) is 6.10 Å². The Balaban J connectivity index is 3.39. The van der Waals surface area contributed by atoms with E-state index in [0.717, 1.165) is 19.3 Å². The summed E-state index contributed by atoms with van der Waals surface area (Å²) in [6, 6.07) is 0. The van der Waals surface area contributed by atoms with Gasteiger partial charge in [-0.2, -0.15) is 0 Å². The van der Waals surface area contributed by atoms with Crippen LogP contribution in [0.15, 0.2) is 0 Å². The Bertz CT molecular complexity index is 319. The number of rotatable bonds is 17. The van der Waals surface area contributed by atoms with Gasteiger partial charge in [-0.05, 0) is 6.42 Å². The highest BCUT2D eigenvalue weighted by Crippen LogP contribution is 2.14. The summed E-state index contributed by atoms with van der Waals surface area (Å²) in [6.45, 7) is 1.33. The third kappa shape index (κ3) is 14.2. The molecule has 0 fully saturated rings. The molecule has 0 saturated carbocycles. The van der Waals surface area contributed by atoms with Gasteiger partial charge in [-0.25, -0.2) is 0 Å². The van der Waals surface area contributed by atoms with Crippen LogP contribution in [0.4, 0.5) is 0 Å². The van der Waals surface area contributed by atoms with Gasteiger partial charge in [-0.3, -0.25) is 4.79 Å². The first-order valence-electron chi connectivity index (χ1n) is 9.89. The smallest absolute Gasteiger partial charge is 0.354 e. The molecule has 6 heteroatoms. The summed E-state index contributed by atoms with van der Waals surface area (Å²) >= 11 is 0. The maximum Gasteiger partial charge on any atom is 0.354 e. The number of carbonyl (C=O) groups excluding carboxylic acids is 1. The van der Waals surface area contributed by atoms with Crippen LogP contribution in [-0.2, 0) is 9.53 Å². The molecule has 0 rings (SSSR count). The molecule has 0 aliphatic heterocycles. The molecule has 6 nitrogen and oxygen atoms in total. The van der Waals surface area contributed by atoms with Crippen LogP contribution in [-0.4, -0.2) is 45.1 Å². The summed E-state index contributed by atoms with van der Waals surface area (Å²) in [4.78, 5) is 11.4. The Hall–Kier alpha value is -0.690. The molecule has 25 heavy (non-hydrogen) atoms. The van der Waals surface area contributed by atoms with Gasteiger partial charge in [0.1, 0.15) is 0 Å². The average Bonchev–Trinajstić information content (AvgIpc) is 2.57. The normalized spacial score (nSPS) is 13.0. The standard InChI is InChI=1S/C19H38O6/c1-2-3-4-5-6-7-8-9-10-11-12-13-14-15-18(22)25-19(23,24)17(21)16-20/h17,20-21,23-24H,2-16H2,1H3. The van der Waals surface area contributed by atoms with Crippen molar-refractivity contribution >= 4 is 5.97 Å². The molecule has 0 spiro atoms. The van der Waals surface area contributed by atoms with E-state index in [1.54, 1.807) is 0 Å². The Morgan fingerprint density at radius 1 is 0.840 bits per heavy atom. The largest absolute Gasteiger partial charge is 0.406 e. The van der Waals surface area contributed by atoms with Crippen molar-refractivity contribution in [2.75, 3.05) is 6.61 Å². The highest BCUT2D eigenvalue weighted by atomic mass is 16.8. The quantitative estimate of drug-likeness (QED) is 0.180. The number of esters is 1. The lowest BCUT2D eigenvalue weighted by atomic mass is 10.0. The predicted molar refractivity (Wildman–Crippen MR) is 96.7 cm³/mol. The molecule has 4 N–H and O–H groups in total. The van der Waals surface area contributed by atoms with Crippen molar-refractivity contribution in [2.24, 2.45) is 0 Å². The summed E-state index contributed by atoms with van der Waals surface area (Å²) < 4.78 is 4.36. The first-order chi connectivity index (χ1) is 11.9. The Kier molecular flexibility index (Phi) is 15.1. The van der Waals surface area contributed by atoms with Gasteiger partial charge in [-0.15, -0.1) is 0 Å². The van der Waals surface area contributed by atoms with E-state index in [2.05, 4.69) is 11.7 Å². The Labute approximate surface area is 152 Å². The highest BCUT2D eigenvalue weighted by Gasteiger charge is 2.37. The van der Waals surface area contributed by atoms with E-state index in [4.69, 9.17) is 10.2 Å². The minimum atomic E-state index is -3.03. The number of hydrogen-bond donors (Lipinski definition) is 4. The molecular weight excluding hydrogens is 324 g/mol. The van der Waals surface area contributed by atoms with Gasteiger partial charge in [0.05, 0.1) is 6.61 Å². The number of aliphatic hydroxyl groups is 4. The predicted octanol–water partition coefficient (Wildman–Crippen LogP) is 3.00. The van der Waals surface area contributed by atoms with Crippen molar-refractivity contribution in [3.8, 4) is 0 Å². The lowest BCUT2D eigenvalue weighted by molar-refractivity contribution is -0.361. The number of carbonyl (C=O) groups is 1. The fourth-order valence-electron chi connectivity index (χ4n) is 2.69. The number of aliphatic hydroxyl groups excluding tert-OH is 2. The van der Waals surface area contributed by atoms with Crippen LogP contribution < -0.4 is 0 Å². The van der Waals surface area contributed by atoms with Crippen LogP contribution in [0.25, 0.3) is 0 Å². The molecule has 0 aromatic carbocycles. The van der Waals surface area contributed by atoms with E-state index < -0.39 is 24.7 Å². The minimum absolute atomic E-state index is 0.0682. The third-order valence-electron chi connectivity index (χ3n) is 4.36. The summed E-state index contributed by atoms with van der Waals surface area (Å²) in [6.07, 6.45) is 13.7. The van der Waals surface area contributed by atoms with Crippen molar-refractivity contribution in [2.45, 2.75) is 109 Å². The molecule has 0 bridgehead atoms. The van der Waals surface area contributed by atoms with Crippen LogP contribution in [0.1, 0.15) is 96.8 Å². The fraction of sp³-hybridized carbons (Fsp3) is 0.947. The van der Waals surface area contributed by atoms with Gasteiger partial charge in [0.25, 0.3) is 0 Å². The van der Waals surface area contributed by atoms with E-state index in [0.29, 0.717) is 6.42 Å². The molecule has 1 atom stereocenters. The summed E-state index contributed by atoms with van der Waals surface area (Å²) in [5, 5.41) is 36.2. The number of unbranched alkanes of at least 4 members (excludes halogenated alkanes) is 12. The second-order valence-electron chi connectivity index (χ2n) is 6.82. The molecule has 1 unspecified atom stereocenters. The average molecular weight is 363 g/mol.